The Morgan fingerprint density at radius 3 is 2.75 bits per heavy atom. The first kappa shape index (κ1) is 13.5. The van der Waals surface area contributed by atoms with E-state index < -0.39 is 6.09 Å². The lowest BCUT2D eigenvalue weighted by atomic mass is 10.0. The molecule has 0 saturated carbocycles. The van der Waals surface area contributed by atoms with Gasteiger partial charge in [0, 0.05) is 35.4 Å². The maximum atomic E-state index is 11.4. The van der Waals surface area contributed by atoms with Gasteiger partial charge in [-0.25, -0.2) is 4.79 Å². The van der Waals surface area contributed by atoms with E-state index in [0.29, 0.717) is 19.8 Å². The van der Waals surface area contributed by atoms with Crippen LogP contribution in [0, 0.1) is 0 Å². The third kappa shape index (κ3) is 2.41. The fourth-order valence-electron chi connectivity index (χ4n) is 2.62. The van der Waals surface area contributed by atoms with Crippen molar-refractivity contribution in [2.45, 2.75) is 0 Å². The molecule has 0 bridgehead atoms. The van der Waals surface area contributed by atoms with Crippen molar-refractivity contribution in [1.82, 2.24) is 4.90 Å². The van der Waals surface area contributed by atoms with Gasteiger partial charge in [0.15, 0.2) is 0 Å². The van der Waals surface area contributed by atoms with Gasteiger partial charge in [0.1, 0.15) is 0 Å². The standard InChI is InChI=1S/C14H15BrN2O3/c15-10-1-2-11-12(16-5-7-20-8-6-16)3-4-17(14(18)19)13(11)9-10/h1-3,9H,4-8H2,(H,18,19). The zero-order chi connectivity index (χ0) is 14.1. The summed E-state index contributed by atoms with van der Waals surface area (Å²) in [4.78, 5) is 15.0. The van der Waals surface area contributed by atoms with Crippen molar-refractivity contribution in [1.29, 1.82) is 0 Å². The highest BCUT2D eigenvalue weighted by molar-refractivity contribution is 9.10. The maximum Gasteiger partial charge on any atom is 0.412 e. The Balaban J connectivity index is 2.01. The molecular formula is C14H15BrN2O3. The minimum absolute atomic E-state index is 0.380. The van der Waals surface area contributed by atoms with Crippen molar-refractivity contribution < 1.29 is 14.6 Å². The van der Waals surface area contributed by atoms with E-state index in [1.807, 2.05) is 24.3 Å². The predicted octanol–water partition coefficient (Wildman–Crippen LogP) is 2.62. The number of anilines is 1. The molecule has 20 heavy (non-hydrogen) atoms. The summed E-state index contributed by atoms with van der Waals surface area (Å²) in [6.07, 6.45) is 1.05. The van der Waals surface area contributed by atoms with Crippen LogP contribution in [0.1, 0.15) is 5.56 Å². The molecular weight excluding hydrogens is 324 g/mol. The number of rotatable bonds is 1. The van der Waals surface area contributed by atoms with Gasteiger partial charge in [-0.05, 0) is 24.3 Å². The van der Waals surface area contributed by atoms with Crippen LogP contribution in [0.2, 0.25) is 0 Å². The second kappa shape index (κ2) is 5.46. The highest BCUT2D eigenvalue weighted by atomic mass is 79.9. The van der Waals surface area contributed by atoms with E-state index in [9.17, 15) is 9.90 Å². The van der Waals surface area contributed by atoms with Gasteiger partial charge in [0.2, 0.25) is 0 Å². The molecule has 1 aromatic carbocycles. The number of hydrogen-bond donors (Lipinski definition) is 1. The molecule has 6 heteroatoms. The van der Waals surface area contributed by atoms with Crippen molar-refractivity contribution in [3.63, 3.8) is 0 Å². The molecule has 1 aromatic rings. The van der Waals surface area contributed by atoms with Crippen LogP contribution < -0.4 is 4.90 Å². The van der Waals surface area contributed by atoms with Crippen LogP contribution in [-0.4, -0.2) is 48.9 Å². The minimum Gasteiger partial charge on any atom is -0.465 e. The minimum atomic E-state index is -0.929. The Morgan fingerprint density at radius 1 is 1.30 bits per heavy atom. The first-order valence-corrected chi connectivity index (χ1v) is 7.29. The Hall–Kier alpha value is -1.53. The third-order valence-electron chi connectivity index (χ3n) is 3.58. The number of ether oxygens (including phenoxy) is 1. The van der Waals surface area contributed by atoms with Gasteiger partial charge in [-0.2, -0.15) is 0 Å². The first-order valence-electron chi connectivity index (χ1n) is 6.50. The van der Waals surface area contributed by atoms with Gasteiger partial charge in [-0.1, -0.05) is 15.9 Å². The summed E-state index contributed by atoms with van der Waals surface area (Å²) in [5, 5.41) is 9.32. The fourth-order valence-corrected chi connectivity index (χ4v) is 2.96. The van der Waals surface area contributed by atoms with E-state index in [-0.39, 0.29) is 0 Å². The summed E-state index contributed by atoms with van der Waals surface area (Å²) in [7, 11) is 0. The molecule has 0 aromatic heterocycles. The van der Waals surface area contributed by atoms with E-state index in [1.54, 1.807) is 0 Å². The fraction of sp³-hybridized carbons (Fsp3) is 0.357. The van der Waals surface area contributed by atoms with Crippen LogP contribution in [0.25, 0.3) is 5.70 Å². The summed E-state index contributed by atoms with van der Waals surface area (Å²) < 4.78 is 6.26. The molecule has 5 nitrogen and oxygen atoms in total. The molecule has 2 aliphatic heterocycles. The van der Waals surface area contributed by atoms with Crippen LogP contribution in [0.15, 0.2) is 28.7 Å². The van der Waals surface area contributed by atoms with E-state index in [2.05, 4.69) is 20.8 Å². The second-order valence-electron chi connectivity index (χ2n) is 4.74. The number of carbonyl (C=O) groups is 1. The highest BCUT2D eigenvalue weighted by Gasteiger charge is 2.26. The monoisotopic (exact) mass is 338 g/mol. The summed E-state index contributed by atoms with van der Waals surface area (Å²) in [6.45, 7) is 3.49. The molecule has 1 fully saturated rings. The van der Waals surface area contributed by atoms with Crippen molar-refractivity contribution in [2.75, 3.05) is 37.7 Å². The summed E-state index contributed by atoms with van der Waals surface area (Å²) in [6, 6.07) is 5.77. The molecule has 0 aliphatic carbocycles. The normalized spacial score (nSPS) is 18.6. The highest BCUT2D eigenvalue weighted by Crippen LogP contribution is 2.35. The predicted molar refractivity (Wildman–Crippen MR) is 79.9 cm³/mol. The smallest absolute Gasteiger partial charge is 0.412 e. The van der Waals surface area contributed by atoms with Crippen LogP contribution in [0.4, 0.5) is 10.5 Å². The topological polar surface area (TPSA) is 53.0 Å². The number of fused-ring (bicyclic) bond motifs is 1. The molecule has 3 rings (SSSR count). The lowest BCUT2D eigenvalue weighted by molar-refractivity contribution is 0.0638. The molecule has 0 unspecified atom stereocenters. The van der Waals surface area contributed by atoms with Gasteiger partial charge < -0.3 is 14.7 Å². The van der Waals surface area contributed by atoms with Gasteiger partial charge in [0.05, 0.1) is 18.9 Å². The Morgan fingerprint density at radius 2 is 2.05 bits per heavy atom. The van der Waals surface area contributed by atoms with E-state index >= 15 is 0 Å². The average Bonchev–Trinajstić information content (AvgIpc) is 2.46. The number of morpholine rings is 1. The second-order valence-corrected chi connectivity index (χ2v) is 5.66. The first-order chi connectivity index (χ1) is 9.66. The number of amides is 1. The van der Waals surface area contributed by atoms with E-state index in [4.69, 9.17) is 4.74 Å². The number of hydrogen-bond acceptors (Lipinski definition) is 3. The van der Waals surface area contributed by atoms with Crippen LogP contribution >= 0.6 is 15.9 Å². The molecule has 106 valence electrons. The van der Waals surface area contributed by atoms with E-state index in [1.165, 1.54) is 4.90 Å². The van der Waals surface area contributed by atoms with E-state index in [0.717, 1.165) is 34.5 Å². The quantitative estimate of drug-likeness (QED) is 0.855. The molecule has 1 amide bonds. The number of nitrogens with zero attached hydrogens (tertiary/aromatic N) is 2. The zero-order valence-electron chi connectivity index (χ0n) is 10.9. The number of carboxylic acid groups (broad SMARTS) is 1. The van der Waals surface area contributed by atoms with Gasteiger partial charge in [-0.3, -0.25) is 4.90 Å². The van der Waals surface area contributed by atoms with Crippen molar-refractivity contribution in [2.24, 2.45) is 0 Å². The van der Waals surface area contributed by atoms with Crippen LogP contribution in [-0.2, 0) is 4.74 Å². The Kier molecular flexibility index (Phi) is 3.67. The molecule has 2 heterocycles. The number of halogens is 1. The largest absolute Gasteiger partial charge is 0.465 e. The van der Waals surface area contributed by atoms with Crippen molar-refractivity contribution >= 4 is 33.4 Å². The lowest BCUT2D eigenvalue weighted by Crippen LogP contribution is -2.39. The van der Waals surface area contributed by atoms with Crippen molar-refractivity contribution in [3.05, 3.63) is 34.3 Å². The van der Waals surface area contributed by atoms with Crippen LogP contribution in [0.5, 0.6) is 0 Å². The molecule has 1 N–H and O–H groups in total. The zero-order valence-corrected chi connectivity index (χ0v) is 12.5. The molecule has 0 spiro atoms. The molecule has 2 aliphatic rings. The van der Waals surface area contributed by atoms with Gasteiger partial charge in [0.25, 0.3) is 0 Å². The Bertz CT molecular complexity index is 568. The maximum absolute atomic E-state index is 11.4. The SMILES string of the molecule is O=C(O)N1CC=C(N2CCOCC2)c2ccc(Br)cc21. The summed E-state index contributed by atoms with van der Waals surface area (Å²) >= 11 is 3.41. The molecule has 1 saturated heterocycles. The summed E-state index contributed by atoms with van der Waals surface area (Å²) in [5.74, 6) is 0. The van der Waals surface area contributed by atoms with Gasteiger partial charge in [-0.15, -0.1) is 0 Å². The Labute approximate surface area is 125 Å². The van der Waals surface area contributed by atoms with Crippen molar-refractivity contribution in [3.8, 4) is 0 Å². The lowest BCUT2D eigenvalue weighted by Gasteiger charge is -2.36. The molecule has 0 atom stereocenters. The molecule has 0 radical (unpaired) electrons. The van der Waals surface area contributed by atoms with Gasteiger partial charge >= 0.3 is 6.09 Å². The van der Waals surface area contributed by atoms with Crippen LogP contribution in [0.3, 0.4) is 0 Å². The summed E-state index contributed by atoms with van der Waals surface area (Å²) in [5.41, 5.74) is 2.80. The average molecular weight is 339 g/mol. The third-order valence-corrected chi connectivity index (χ3v) is 4.07. The number of benzene rings is 1.